The zero-order valence-electron chi connectivity index (χ0n) is 6.95. The molecule has 0 aromatic rings. The Bertz CT molecular complexity index is 160. The predicted octanol–water partition coefficient (Wildman–Crippen LogP) is -0.486. The zero-order chi connectivity index (χ0) is 8.85. The maximum atomic E-state index is 10.5. The van der Waals surface area contributed by atoms with E-state index in [2.05, 4.69) is 4.74 Å². The highest BCUT2D eigenvalue weighted by molar-refractivity contribution is 5.75. The largest absolute Gasteiger partial charge is 0.480 e. The van der Waals surface area contributed by atoms with Crippen molar-refractivity contribution in [3.8, 4) is 0 Å². The number of esters is 1. The fourth-order valence-corrected chi connectivity index (χ4v) is 0.499. The van der Waals surface area contributed by atoms with Gasteiger partial charge in [0.25, 0.3) is 0 Å². The Labute approximate surface area is 70.3 Å². The van der Waals surface area contributed by atoms with Gasteiger partial charge in [0.05, 0.1) is 7.11 Å². The SMILES string of the molecule is COC(=O)CC[C@H](N)C(=O)O.N. The van der Waals surface area contributed by atoms with Gasteiger partial charge in [-0.2, -0.15) is 0 Å². The summed E-state index contributed by atoms with van der Waals surface area (Å²) in [4.78, 5) is 20.6. The first kappa shape index (κ1) is 13.4. The van der Waals surface area contributed by atoms with Crippen LogP contribution in [0, 0.1) is 0 Å². The minimum absolute atomic E-state index is 0. The molecule has 6 heteroatoms. The number of carbonyl (C=O) groups excluding carboxylic acids is 1. The second-order valence-corrected chi connectivity index (χ2v) is 2.06. The molecule has 6 N–H and O–H groups in total. The van der Waals surface area contributed by atoms with Crippen molar-refractivity contribution in [1.82, 2.24) is 6.15 Å². The van der Waals surface area contributed by atoms with Gasteiger partial charge < -0.3 is 21.7 Å². The Morgan fingerprint density at radius 2 is 2.08 bits per heavy atom. The van der Waals surface area contributed by atoms with Crippen molar-refractivity contribution in [3.05, 3.63) is 0 Å². The van der Waals surface area contributed by atoms with Gasteiger partial charge in [0, 0.05) is 6.42 Å². The Morgan fingerprint density at radius 1 is 1.58 bits per heavy atom. The lowest BCUT2D eigenvalue weighted by Gasteiger charge is -2.03. The lowest BCUT2D eigenvalue weighted by molar-refractivity contribution is -0.141. The molecule has 0 aliphatic carbocycles. The molecule has 0 rings (SSSR count). The highest BCUT2D eigenvalue weighted by atomic mass is 16.5. The average molecular weight is 178 g/mol. The summed E-state index contributed by atoms with van der Waals surface area (Å²) >= 11 is 0. The Kier molecular flexibility index (Phi) is 7.36. The van der Waals surface area contributed by atoms with Crippen molar-refractivity contribution in [2.75, 3.05) is 7.11 Å². The number of carboxylic acids is 1. The quantitative estimate of drug-likeness (QED) is 0.499. The van der Waals surface area contributed by atoms with Gasteiger partial charge in [-0.3, -0.25) is 9.59 Å². The molecule has 12 heavy (non-hydrogen) atoms. The number of hydrogen-bond donors (Lipinski definition) is 3. The number of rotatable bonds is 4. The highest BCUT2D eigenvalue weighted by Gasteiger charge is 2.12. The minimum atomic E-state index is -1.10. The molecule has 0 bridgehead atoms. The van der Waals surface area contributed by atoms with Crippen LogP contribution in [0.1, 0.15) is 12.8 Å². The van der Waals surface area contributed by atoms with Crippen LogP contribution in [0.25, 0.3) is 0 Å². The molecule has 0 aliphatic rings. The predicted molar refractivity (Wildman–Crippen MR) is 41.9 cm³/mol. The summed E-state index contributed by atoms with van der Waals surface area (Å²) < 4.78 is 4.29. The number of aliphatic carboxylic acids is 1. The number of hydrogen-bond acceptors (Lipinski definition) is 5. The van der Waals surface area contributed by atoms with Crippen molar-refractivity contribution in [3.63, 3.8) is 0 Å². The molecule has 0 saturated heterocycles. The molecule has 0 radical (unpaired) electrons. The van der Waals surface area contributed by atoms with Gasteiger partial charge in [0.1, 0.15) is 6.04 Å². The number of ether oxygens (including phenoxy) is 1. The normalized spacial score (nSPS) is 11.2. The molecule has 0 fully saturated rings. The van der Waals surface area contributed by atoms with E-state index < -0.39 is 18.0 Å². The number of carbonyl (C=O) groups is 2. The lowest BCUT2D eigenvalue weighted by Crippen LogP contribution is -2.30. The molecule has 0 unspecified atom stereocenters. The van der Waals surface area contributed by atoms with Crippen LogP contribution >= 0.6 is 0 Å². The molecular formula is C6H14N2O4. The summed E-state index contributed by atoms with van der Waals surface area (Å²) in [5.74, 6) is -1.55. The van der Waals surface area contributed by atoms with Crippen LogP contribution in [-0.2, 0) is 14.3 Å². The van der Waals surface area contributed by atoms with Gasteiger partial charge in [-0.1, -0.05) is 0 Å². The Balaban J connectivity index is 0. The summed E-state index contributed by atoms with van der Waals surface area (Å²) in [6.45, 7) is 0. The summed E-state index contributed by atoms with van der Waals surface area (Å²) in [5.41, 5.74) is 5.11. The van der Waals surface area contributed by atoms with Crippen LogP contribution in [0.15, 0.2) is 0 Å². The van der Waals surface area contributed by atoms with Gasteiger partial charge in [-0.15, -0.1) is 0 Å². The van der Waals surface area contributed by atoms with E-state index >= 15 is 0 Å². The first-order chi connectivity index (χ1) is 5.07. The zero-order valence-corrected chi connectivity index (χ0v) is 6.95. The van der Waals surface area contributed by atoms with E-state index in [1.54, 1.807) is 0 Å². The van der Waals surface area contributed by atoms with Crippen LogP contribution in [0.3, 0.4) is 0 Å². The molecule has 0 saturated carbocycles. The Hall–Kier alpha value is -1.14. The number of nitrogens with two attached hydrogens (primary N) is 1. The molecule has 72 valence electrons. The molecule has 0 aliphatic heterocycles. The van der Waals surface area contributed by atoms with E-state index in [4.69, 9.17) is 10.8 Å². The average Bonchev–Trinajstić information content (AvgIpc) is 1.99. The van der Waals surface area contributed by atoms with E-state index in [0.29, 0.717) is 0 Å². The van der Waals surface area contributed by atoms with E-state index in [0.717, 1.165) is 0 Å². The van der Waals surface area contributed by atoms with Crippen molar-refractivity contribution in [1.29, 1.82) is 0 Å². The van der Waals surface area contributed by atoms with Gasteiger partial charge >= 0.3 is 11.9 Å². The fourth-order valence-electron chi connectivity index (χ4n) is 0.499. The number of methoxy groups -OCH3 is 1. The number of carboxylic acid groups (broad SMARTS) is 1. The standard InChI is InChI=1S/C6H11NO4.H3N/c1-11-5(8)3-2-4(7)6(9)10;/h4H,2-3,7H2,1H3,(H,9,10);1H3/t4-;/m0./s1. The van der Waals surface area contributed by atoms with E-state index in [9.17, 15) is 9.59 Å². The van der Waals surface area contributed by atoms with Crippen molar-refractivity contribution < 1.29 is 19.4 Å². The molecule has 1 atom stereocenters. The van der Waals surface area contributed by atoms with Crippen LogP contribution < -0.4 is 11.9 Å². The third kappa shape index (κ3) is 5.63. The third-order valence-corrected chi connectivity index (χ3v) is 1.20. The van der Waals surface area contributed by atoms with E-state index in [1.807, 2.05) is 0 Å². The van der Waals surface area contributed by atoms with Gasteiger partial charge in [-0.05, 0) is 6.42 Å². The van der Waals surface area contributed by atoms with Crippen molar-refractivity contribution >= 4 is 11.9 Å². The molecule has 0 amide bonds. The second-order valence-electron chi connectivity index (χ2n) is 2.06. The van der Waals surface area contributed by atoms with Crippen LogP contribution in [0.5, 0.6) is 0 Å². The molecule has 0 aromatic heterocycles. The first-order valence-corrected chi connectivity index (χ1v) is 3.13. The van der Waals surface area contributed by atoms with Crippen LogP contribution in [0.2, 0.25) is 0 Å². The van der Waals surface area contributed by atoms with Crippen molar-refractivity contribution in [2.45, 2.75) is 18.9 Å². The van der Waals surface area contributed by atoms with E-state index in [-0.39, 0.29) is 19.0 Å². The lowest BCUT2D eigenvalue weighted by atomic mass is 10.2. The van der Waals surface area contributed by atoms with Crippen molar-refractivity contribution in [2.24, 2.45) is 5.73 Å². The van der Waals surface area contributed by atoms with Gasteiger partial charge in [0.2, 0.25) is 0 Å². The maximum absolute atomic E-state index is 10.5. The summed E-state index contributed by atoms with van der Waals surface area (Å²) in [5, 5.41) is 8.29. The second kappa shape index (κ2) is 6.56. The molecule has 0 heterocycles. The smallest absolute Gasteiger partial charge is 0.320 e. The minimum Gasteiger partial charge on any atom is -0.480 e. The maximum Gasteiger partial charge on any atom is 0.320 e. The molecule has 6 nitrogen and oxygen atoms in total. The molecule has 0 spiro atoms. The third-order valence-electron chi connectivity index (χ3n) is 1.20. The van der Waals surface area contributed by atoms with Crippen LogP contribution in [-0.4, -0.2) is 30.2 Å². The summed E-state index contributed by atoms with van der Waals surface area (Å²) in [6.07, 6.45) is 0.159. The van der Waals surface area contributed by atoms with Gasteiger partial charge in [-0.25, -0.2) is 0 Å². The first-order valence-electron chi connectivity index (χ1n) is 3.13. The molecular weight excluding hydrogens is 164 g/mol. The fraction of sp³-hybridized carbons (Fsp3) is 0.667. The van der Waals surface area contributed by atoms with E-state index in [1.165, 1.54) is 7.11 Å². The summed E-state index contributed by atoms with van der Waals surface area (Å²) in [6, 6.07) is -0.978. The van der Waals surface area contributed by atoms with Crippen LogP contribution in [0.4, 0.5) is 0 Å². The van der Waals surface area contributed by atoms with Gasteiger partial charge in [0.15, 0.2) is 0 Å². The summed E-state index contributed by atoms with van der Waals surface area (Å²) in [7, 11) is 1.24. The highest BCUT2D eigenvalue weighted by Crippen LogP contribution is 1.95. The molecule has 0 aromatic carbocycles. The topological polar surface area (TPSA) is 125 Å². The monoisotopic (exact) mass is 178 g/mol. The Morgan fingerprint density at radius 3 is 2.42 bits per heavy atom.